The Labute approximate surface area is 136 Å². The maximum atomic E-state index is 12.2. The SMILES string of the molecule is O=c1ccn([C@]2(Cc3ccccc3)O[C@H](CO)[C@@H](O)[C@H]2O)c(=O)[nH]1. The second-order valence-electron chi connectivity index (χ2n) is 5.76. The number of hydrogen-bond donors (Lipinski definition) is 4. The van der Waals surface area contributed by atoms with Crippen LogP contribution in [0.25, 0.3) is 0 Å². The van der Waals surface area contributed by atoms with Crippen LogP contribution in [0.3, 0.4) is 0 Å². The van der Waals surface area contributed by atoms with Crippen LogP contribution in [0.2, 0.25) is 0 Å². The van der Waals surface area contributed by atoms with Gasteiger partial charge in [0.1, 0.15) is 18.3 Å². The summed E-state index contributed by atoms with van der Waals surface area (Å²) < 4.78 is 6.77. The molecule has 0 bridgehead atoms. The van der Waals surface area contributed by atoms with Crippen molar-refractivity contribution in [3.63, 3.8) is 0 Å². The van der Waals surface area contributed by atoms with Crippen LogP contribution >= 0.6 is 0 Å². The van der Waals surface area contributed by atoms with Crippen LogP contribution in [0.1, 0.15) is 5.56 Å². The van der Waals surface area contributed by atoms with Crippen molar-refractivity contribution in [3.05, 3.63) is 69.0 Å². The first kappa shape index (κ1) is 16.6. The van der Waals surface area contributed by atoms with Gasteiger partial charge in [-0.2, -0.15) is 0 Å². The van der Waals surface area contributed by atoms with Gasteiger partial charge in [-0.05, 0) is 5.56 Å². The molecular formula is C16H18N2O6. The molecule has 1 aromatic carbocycles. The lowest BCUT2D eigenvalue weighted by molar-refractivity contribution is -0.149. The highest BCUT2D eigenvalue weighted by Crippen LogP contribution is 2.37. The standard InChI is InChI=1S/C16H18N2O6/c19-9-11-13(21)14(22)16(24-11,8-10-4-2-1-3-5-10)18-7-6-12(20)17-15(18)23/h1-7,11,13-14,19,21-22H,8-9H2,(H,17,20,23)/t11-,13-,14-,16-/m1/s1. The topological polar surface area (TPSA) is 125 Å². The molecule has 0 saturated carbocycles. The summed E-state index contributed by atoms with van der Waals surface area (Å²) in [4.78, 5) is 25.7. The average Bonchev–Trinajstić information content (AvgIpc) is 2.81. The van der Waals surface area contributed by atoms with E-state index >= 15 is 0 Å². The highest BCUT2D eigenvalue weighted by Gasteiger charge is 2.55. The molecule has 2 heterocycles. The summed E-state index contributed by atoms with van der Waals surface area (Å²) in [5, 5.41) is 30.1. The van der Waals surface area contributed by atoms with Crippen molar-refractivity contribution in [1.29, 1.82) is 0 Å². The van der Waals surface area contributed by atoms with Crippen molar-refractivity contribution in [2.24, 2.45) is 0 Å². The van der Waals surface area contributed by atoms with E-state index in [9.17, 15) is 24.9 Å². The Morgan fingerprint density at radius 2 is 1.88 bits per heavy atom. The lowest BCUT2D eigenvalue weighted by atomic mass is 9.95. The van der Waals surface area contributed by atoms with Gasteiger partial charge in [0.15, 0.2) is 5.72 Å². The van der Waals surface area contributed by atoms with Crippen molar-refractivity contribution in [2.75, 3.05) is 6.61 Å². The van der Waals surface area contributed by atoms with E-state index in [1.807, 2.05) is 6.07 Å². The zero-order valence-corrected chi connectivity index (χ0v) is 12.7. The summed E-state index contributed by atoms with van der Waals surface area (Å²) in [6, 6.07) is 10.1. The van der Waals surface area contributed by atoms with Gasteiger partial charge in [-0.1, -0.05) is 30.3 Å². The van der Waals surface area contributed by atoms with Gasteiger partial charge in [0.2, 0.25) is 0 Å². The minimum Gasteiger partial charge on any atom is -0.394 e. The van der Waals surface area contributed by atoms with Crippen LogP contribution in [-0.4, -0.2) is 49.8 Å². The van der Waals surface area contributed by atoms with Crippen LogP contribution in [0.5, 0.6) is 0 Å². The average molecular weight is 334 g/mol. The number of rotatable bonds is 4. The molecule has 0 unspecified atom stereocenters. The molecule has 24 heavy (non-hydrogen) atoms. The molecule has 0 radical (unpaired) electrons. The fourth-order valence-electron chi connectivity index (χ4n) is 3.05. The first-order chi connectivity index (χ1) is 11.5. The summed E-state index contributed by atoms with van der Waals surface area (Å²) in [6.45, 7) is -0.521. The van der Waals surface area contributed by atoms with E-state index < -0.39 is 41.9 Å². The van der Waals surface area contributed by atoms with Gasteiger partial charge in [0.25, 0.3) is 5.56 Å². The number of aliphatic hydroxyl groups is 3. The minimum atomic E-state index is -1.64. The molecule has 4 N–H and O–H groups in total. The molecule has 0 amide bonds. The van der Waals surface area contributed by atoms with E-state index in [0.29, 0.717) is 0 Å². The van der Waals surface area contributed by atoms with E-state index in [1.165, 1.54) is 6.20 Å². The molecule has 4 atom stereocenters. The van der Waals surface area contributed by atoms with Crippen LogP contribution in [0.15, 0.2) is 52.2 Å². The number of benzene rings is 1. The fourth-order valence-corrected chi connectivity index (χ4v) is 3.05. The van der Waals surface area contributed by atoms with Gasteiger partial charge in [-0.3, -0.25) is 14.3 Å². The number of aliphatic hydroxyl groups excluding tert-OH is 3. The Bertz CT molecular complexity index is 817. The van der Waals surface area contributed by atoms with Gasteiger partial charge in [0, 0.05) is 18.7 Å². The van der Waals surface area contributed by atoms with Crippen molar-refractivity contribution >= 4 is 0 Å². The summed E-state index contributed by atoms with van der Waals surface area (Å²) in [5.74, 6) is 0. The van der Waals surface area contributed by atoms with Crippen LogP contribution in [0.4, 0.5) is 0 Å². The Morgan fingerprint density at radius 1 is 1.17 bits per heavy atom. The zero-order chi connectivity index (χ0) is 17.3. The maximum Gasteiger partial charge on any atom is 0.330 e. The fraction of sp³-hybridized carbons (Fsp3) is 0.375. The third kappa shape index (κ3) is 2.69. The second kappa shape index (κ2) is 6.33. The van der Waals surface area contributed by atoms with E-state index in [0.717, 1.165) is 16.2 Å². The number of aromatic nitrogens is 2. The predicted molar refractivity (Wildman–Crippen MR) is 83.4 cm³/mol. The van der Waals surface area contributed by atoms with Gasteiger partial charge in [-0.25, -0.2) is 4.79 Å². The largest absolute Gasteiger partial charge is 0.394 e. The molecule has 0 spiro atoms. The molecule has 3 rings (SSSR count). The maximum absolute atomic E-state index is 12.2. The van der Waals surface area contributed by atoms with Crippen LogP contribution in [0, 0.1) is 0 Å². The summed E-state index contributed by atoms with van der Waals surface area (Å²) in [7, 11) is 0. The minimum absolute atomic E-state index is 0.0640. The molecule has 2 aromatic rings. The summed E-state index contributed by atoms with van der Waals surface area (Å²) in [6.07, 6.45) is -2.63. The first-order valence-corrected chi connectivity index (χ1v) is 7.49. The number of H-pyrrole nitrogens is 1. The molecule has 1 aliphatic heterocycles. The van der Waals surface area contributed by atoms with Crippen molar-refractivity contribution < 1.29 is 20.1 Å². The van der Waals surface area contributed by atoms with Gasteiger partial charge in [0.05, 0.1) is 6.61 Å². The molecular weight excluding hydrogens is 316 g/mol. The molecule has 128 valence electrons. The van der Waals surface area contributed by atoms with Crippen LogP contribution in [-0.2, 0) is 16.9 Å². The highest BCUT2D eigenvalue weighted by molar-refractivity contribution is 5.19. The lowest BCUT2D eigenvalue weighted by Crippen LogP contribution is -2.52. The van der Waals surface area contributed by atoms with Crippen molar-refractivity contribution in [3.8, 4) is 0 Å². The van der Waals surface area contributed by atoms with Gasteiger partial charge >= 0.3 is 5.69 Å². The van der Waals surface area contributed by atoms with Crippen molar-refractivity contribution in [2.45, 2.75) is 30.5 Å². The van der Waals surface area contributed by atoms with Gasteiger partial charge in [-0.15, -0.1) is 0 Å². The number of ether oxygens (including phenoxy) is 1. The normalized spacial score (nSPS) is 29.7. The lowest BCUT2D eigenvalue weighted by Gasteiger charge is -2.34. The summed E-state index contributed by atoms with van der Waals surface area (Å²) in [5.41, 5.74) is -2.25. The molecule has 8 heteroatoms. The number of aromatic amines is 1. The Balaban J connectivity index is 2.14. The molecule has 1 aliphatic rings. The molecule has 0 aliphatic carbocycles. The Morgan fingerprint density at radius 3 is 2.46 bits per heavy atom. The van der Waals surface area contributed by atoms with Gasteiger partial charge < -0.3 is 20.1 Å². The smallest absolute Gasteiger partial charge is 0.330 e. The van der Waals surface area contributed by atoms with E-state index in [2.05, 4.69) is 4.98 Å². The van der Waals surface area contributed by atoms with Crippen LogP contribution < -0.4 is 11.2 Å². The molecule has 8 nitrogen and oxygen atoms in total. The van der Waals surface area contributed by atoms with E-state index in [4.69, 9.17) is 4.74 Å². The Kier molecular flexibility index (Phi) is 4.37. The molecule has 1 saturated heterocycles. The molecule has 1 fully saturated rings. The summed E-state index contributed by atoms with van der Waals surface area (Å²) >= 11 is 0. The number of nitrogens with one attached hydrogen (secondary N) is 1. The van der Waals surface area contributed by atoms with E-state index in [-0.39, 0.29) is 6.42 Å². The predicted octanol–water partition coefficient (Wildman–Crippen LogP) is -1.46. The zero-order valence-electron chi connectivity index (χ0n) is 12.7. The molecule has 1 aromatic heterocycles. The highest BCUT2D eigenvalue weighted by atomic mass is 16.6. The third-order valence-electron chi connectivity index (χ3n) is 4.23. The van der Waals surface area contributed by atoms with Crippen molar-refractivity contribution in [1.82, 2.24) is 9.55 Å². The number of nitrogens with zero attached hydrogens (tertiary/aromatic N) is 1. The Hall–Kier alpha value is -2.26. The number of hydrogen-bond acceptors (Lipinski definition) is 6. The van der Waals surface area contributed by atoms with E-state index in [1.54, 1.807) is 24.3 Å². The first-order valence-electron chi connectivity index (χ1n) is 7.49. The third-order valence-corrected chi connectivity index (χ3v) is 4.23. The quantitative estimate of drug-likeness (QED) is 0.542. The monoisotopic (exact) mass is 334 g/mol. The second-order valence-corrected chi connectivity index (χ2v) is 5.76.